The second kappa shape index (κ2) is 10.5. The molecule has 0 unspecified atom stereocenters. The van der Waals surface area contributed by atoms with Gasteiger partial charge in [-0.1, -0.05) is 64.3 Å². The molecular formula is C20H29N3O2. The Bertz CT molecular complexity index is 630. The average Bonchev–Trinajstić information content (AvgIpc) is 3.06. The van der Waals surface area contributed by atoms with Crippen LogP contribution in [0, 0.1) is 0 Å². The van der Waals surface area contributed by atoms with Crippen molar-refractivity contribution in [2.45, 2.75) is 52.0 Å². The summed E-state index contributed by atoms with van der Waals surface area (Å²) < 4.78 is 11.4. The first-order valence-electron chi connectivity index (χ1n) is 9.15. The topological polar surface area (TPSA) is 49.2 Å². The minimum atomic E-state index is 0.437. The number of unbranched alkanes of at least 4 members (excludes halogenated alkanes) is 5. The number of hydrogen-bond donors (Lipinski definition) is 0. The van der Waals surface area contributed by atoms with Gasteiger partial charge in [0.05, 0.1) is 6.54 Å². The van der Waals surface area contributed by atoms with Gasteiger partial charge >= 0.3 is 0 Å². The van der Waals surface area contributed by atoms with E-state index in [4.69, 9.17) is 9.47 Å². The molecule has 1 heterocycles. The highest BCUT2D eigenvalue weighted by Crippen LogP contribution is 2.30. The van der Waals surface area contributed by atoms with E-state index < -0.39 is 0 Å². The van der Waals surface area contributed by atoms with Gasteiger partial charge in [-0.3, -0.25) is 0 Å². The Morgan fingerprint density at radius 1 is 0.880 bits per heavy atom. The molecule has 5 nitrogen and oxygen atoms in total. The van der Waals surface area contributed by atoms with Crippen LogP contribution in [0.1, 0.15) is 45.4 Å². The number of aromatic nitrogens is 3. The second-order valence-electron chi connectivity index (χ2n) is 6.02. The molecule has 0 radical (unpaired) electrons. The van der Waals surface area contributed by atoms with Gasteiger partial charge in [-0.25, -0.2) is 0 Å². The maximum absolute atomic E-state index is 5.70. The van der Waals surface area contributed by atoms with Crippen LogP contribution in [0.4, 0.5) is 0 Å². The first-order chi connectivity index (χ1) is 12.3. The third kappa shape index (κ3) is 5.62. The Balaban J connectivity index is 2.09. The van der Waals surface area contributed by atoms with Crippen LogP contribution in [0.25, 0.3) is 11.0 Å². The van der Waals surface area contributed by atoms with Crippen molar-refractivity contribution in [3.8, 4) is 11.5 Å². The predicted molar refractivity (Wildman–Crippen MR) is 102 cm³/mol. The van der Waals surface area contributed by atoms with Crippen molar-refractivity contribution in [1.82, 2.24) is 15.0 Å². The van der Waals surface area contributed by atoms with E-state index in [1.165, 1.54) is 32.1 Å². The lowest BCUT2D eigenvalue weighted by molar-refractivity contribution is 0.358. The van der Waals surface area contributed by atoms with Crippen molar-refractivity contribution in [2.75, 3.05) is 13.2 Å². The monoisotopic (exact) mass is 343 g/mol. The molecule has 0 aliphatic heterocycles. The van der Waals surface area contributed by atoms with Crippen LogP contribution in [0.5, 0.6) is 11.5 Å². The van der Waals surface area contributed by atoms with Crippen LogP contribution in [0.15, 0.2) is 37.4 Å². The zero-order valence-corrected chi connectivity index (χ0v) is 15.2. The van der Waals surface area contributed by atoms with Gasteiger partial charge in [0, 0.05) is 0 Å². The number of ether oxygens (including phenoxy) is 2. The summed E-state index contributed by atoms with van der Waals surface area (Å²) in [6, 6.07) is 3.74. The molecule has 0 spiro atoms. The number of rotatable bonds is 13. The van der Waals surface area contributed by atoms with Crippen molar-refractivity contribution >= 4 is 11.0 Å². The normalized spacial score (nSPS) is 10.8. The summed E-state index contributed by atoms with van der Waals surface area (Å²) in [6.45, 7) is 11.3. The van der Waals surface area contributed by atoms with Crippen molar-refractivity contribution in [2.24, 2.45) is 0 Å². The fourth-order valence-corrected chi connectivity index (χ4v) is 2.65. The highest BCUT2D eigenvalue weighted by atomic mass is 16.5. The smallest absolute Gasteiger partial charge is 0.158 e. The van der Waals surface area contributed by atoms with E-state index in [9.17, 15) is 0 Å². The van der Waals surface area contributed by atoms with Crippen LogP contribution >= 0.6 is 0 Å². The predicted octanol–water partition coefficient (Wildman–Crippen LogP) is 4.92. The zero-order chi connectivity index (χ0) is 17.9. The fraction of sp³-hybridized carbons (Fsp3) is 0.500. The van der Waals surface area contributed by atoms with Crippen molar-refractivity contribution < 1.29 is 9.47 Å². The molecule has 2 aromatic rings. The summed E-state index contributed by atoms with van der Waals surface area (Å²) in [5, 5.41) is 9.22. The van der Waals surface area contributed by atoms with E-state index in [2.05, 4.69) is 30.3 Å². The molecular weight excluding hydrogens is 314 g/mol. The number of nitrogens with zero attached hydrogens (tertiary/aromatic N) is 3. The molecule has 0 amide bonds. The summed E-state index contributed by atoms with van der Waals surface area (Å²) in [4.78, 5) is 1.76. The number of benzene rings is 1. The molecule has 1 aromatic carbocycles. The minimum Gasteiger partial charge on any atom is -0.487 e. The summed E-state index contributed by atoms with van der Waals surface area (Å²) >= 11 is 0. The maximum Gasteiger partial charge on any atom is 0.158 e. The first kappa shape index (κ1) is 19.0. The highest BCUT2D eigenvalue weighted by Gasteiger charge is 2.14. The lowest BCUT2D eigenvalue weighted by atomic mass is 10.1. The quantitative estimate of drug-likeness (QED) is 0.382. The van der Waals surface area contributed by atoms with E-state index in [-0.39, 0.29) is 0 Å². The van der Waals surface area contributed by atoms with Crippen LogP contribution in [-0.4, -0.2) is 28.2 Å². The summed E-state index contributed by atoms with van der Waals surface area (Å²) in [7, 11) is 0. The number of aryl methyl sites for hydroxylation is 1. The van der Waals surface area contributed by atoms with Gasteiger partial charge in [-0.15, -0.1) is 10.2 Å². The Morgan fingerprint density at radius 3 is 1.92 bits per heavy atom. The van der Waals surface area contributed by atoms with Gasteiger partial charge in [-0.05, 0) is 18.6 Å². The largest absolute Gasteiger partial charge is 0.487 e. The molecule has 0 aliphatic rings. The van der Waals surface area contributed by atoms with Gasteiger partial charge in [0.15, 0.2) is 11.0 Å². The molecule has 5 heteroatoms. The molecule has 136 valence electrons. The van der Waals surface area contributed by atoms with Crippen LogP contribution in [0.2, 0.25) is 0 Å². The van der Waals surface area contributed by atoms with E-state index >= 15 is 0 Å². The molecule has 0 atom stereocenters. The van der Waals surface area contributed by atoms with Crippen molar-refractivity contribution in [3.05, 3.63) is 37.4 Å². The second-order valence-corrected chi connectivity index (χ2v) is 6.02. The molecule has 0 fully saturated rings. The van der Waals surface area contributed by atoms with Crippen LogP contribution in [0.3, 0.4) is 0 Å². The van der Waals surface area contributed by atoms with Crippen molar-refractivity contribution in [3.63, 3.8) is 0 Å². The Kier molecular flexibility index (Phi) is 8.02. The Hall–Kier alpha value is -2.30. The van der Waals surface area contributed by atoms with E-state index in [1.807, 2.05) is 12.1 Å². The van der Waals surface area contributed by atoms with Gasteiger partial charge in [-0.2, -0.15) is 4.80 Å². The van der Waals surface area contributed by atoms with Gasteiger partial charge in [0.1, 0.15) is 24.7 Å². The molecule has 0 N–H and O–H groups in total. The standard InChI is InChI=1S/C20H29N3O2/c1-4-7-8-9-10-11-14-23-21-19-17(24-15-5-2)12-13-18(20(19)22-23)25-16-6-3/h5-6,12-13H,2-4,7-11,14-16H2,1H3. The van der Waals surface area contributed by atoms with Crippen LogP contribution < -0.4 is 9.47 Å². The summed E-state index contributed by atoms with van der Waals surface area (Å²) in [5.41, 5.74) is 1.46. The van der Waals surface area contributed by atoms with E-state index in [0.29, 0.717) is 24.7 Å². The van der Waals surface area contributed by atoms with Gasteiger partial charge < -0.3 is 9.47 Å². The maximum atomic E-state index is 5.70. The van der Waals surface area contributed by atoms with Crippen LogP contribution in [-0.2, 0) is 6.54 Å². The third-order valence-corrected chi connectivity index (χ3v) is 3.93. The lowest BCUT2D eigenvalue weighted by Gasteiger charge is -2.06. The molecule has 2 rings (SSSR count). The molecule has 25 heavy (non-hydrogen) atoms. The Labute approximate surface area is 150 Å². The third-order valence-electron chi connectivity index (χ3n) is 3.93. The zero-order valence-electron chi connectivity index (χ0n) is 15.2. The number of fused-ring (bicyclic) bond motifs is 1. The average molecular weight is 343 g/mol. The molecule has 0 saturated carbocycles. The van der Waals surface area contributed by atoms with Crippen molar-refractivity contribution in [1.29, 1.82) is 0 Å². The van der Waals surface area contributed by atoms with Gasteiger partial charge in [0.25, 0.3) is 0 Å². The summed E-state index contributed by atoms with van der Waals surface area (Å²) in [6.07, 6.45) is 10.9. The molecule has 1 aromatic heterocycles. The number of hydrogen-bond acceptors (Lipinski definition) is 4. The molecule has 0 saturated heterocycles. The lowest BCUT2D eigenvalue weighted by Crippen LogP contribution is -2.02. The van der Waals surface area contributed by atoms with E-state index in [0.717, 1.165) is 24.0 Å². The molecule has 0 bridgehead atoms. The van der Waals surface area contributed by atoms with Gasteiger partial charge in [0.2, 0.25) is 0 Å². The van der Waals surface area contributed by atoms with E-state index in [1.54, 1.807) is 16.9 Å². The summed E-state index contributed by atoms with van der Waals surface area (Å²) in [5.74, 6) is 1.41. The highest BCUT2D eigenvalue weighted by molar-refractivity contribution is 5.86. The first-order valence-corrected chi connectivity index (χ1v) is 9.15. The minimum absolute atomic E-state index is 0.437. The SMILES string of the molecule is C=CCOc1ccc(OCC=C)c2nn(CCCCCCCC)nc12. The fourth-order valence-electron chi connectivity index (χ4n) is 2.65. The molecule has 0 aliphatic carbocycles. The Morgan fingerprint density at radius 2 is 1.40 bits per heavy atom.